The Morgan fingerprint density at radius 2 is 1.72 bits per heavy atom. The summed E-state index contributed by atoms with van der Waals surface area (Å²) in [6, 6.07) is -1.05. The van der Waals surface area contributed by atoms with Gasteiger partial charge in [-0.05, 0) is 32.6 Å². The molecule has 0 aromatic heterocycles. The van der Waals surface area contributed by atoms with Gasteiger partial charge >= 0.3 is 0 Å². The Hall–Kier alpha value is -2.00. The van der Waals surface area contributed by atoms with E-state index in [0.29, 0.717) is 13.1 Å². The number of hydrogen-bond donors (Lipinski definition) is 3. The fraction of sp³-hybridized carbons (Fsp3) is 0.800. The van der Waals surface area contributed by atoms with Crippen molar-refractivity contribution in [1.82, 2.24) is 15.1 Å². The molecule has 2 heterocycles. The molecule has 3 amide bonds. The van der Waals surface area contributed by atoms with Gasteiger partial charge in [-0.2, -0.15) is 0 Å². The molecule has 0 aromatic rings. The van der Waals surface area contributed by atoms with Crippen LogP contribution in [-0.2, 0) is 19.2 Å². The maximum absolute atomic E-state index is 12.0. The minimum absolute atomic E-state index is 0.0375. The zero-order valence-corrected chi connectivity index (χ0v) is 17.7. The van der Waals surface area contributed by atoms with E-state index in [4.69, 9.17) is 5.11 Å². The molecular weight excluding hydrogens is 378 g/mol. The van der Waals surface area contributed by atoms with Crippen LogP contribution >= 0.6 is 0 Å². The highest BCUT2D eigenvalue weighted by Crippen LogP contribution is 2.18. The minimum Gasteiger partial charge on any atom is -0.396 e. The molecule has 29 heavy (non-hydrogen) atoms. The third-order valence-corrected chi connectivity index (χ3v) is 5.15. The quantitative estimate of drug-likeness (QED) is 0.469. The van der Waals surface area contributed by atoms with E-state index in [2.05, 4.69) is 5.32 Å². The summed E-state index contributed by atoms with van der Waals surface area (Å²) in [7, 11) is 0. The van der Waals surface area contributed by atoms with Crippen molar-refractivity contribution in [2.75, 3.05) is 26.2 Å². The molecule has 3 unspecified atom stereocenters. The Balaban J connectivity index is 0.000000308. The number of carbonyl (C=O) groups is 4. The van der Waals surface area contributed by atoms with Crippen LogP contribution in [0.4, 0.5) is 0 Å². The van der Waals surface area contributed by atoms with E-state index in [-0.39, 0.29) is 36.7 Å². The summed E-state index contributed by atoms with van der Waals surface area (Å²) in [5, 5.41) is 20.6. The highest BCUT2D eigenvalue weighted by atomic mass is 16.3. The van der Waals surface area contributed by atoms with Crippen LogP contribution in [0.1, 0.15) is 52.9 Å². The van der Waals surface area contributed by atoms with Crippen LogP contribution in [0.25, 0.3) is 0 Å². The van der Waals surface area contributed by atoms with Crippen molar-refractivity contribution in [3.63, 3.8) is 0 Å². The molecule has 0 aromatic carbocycles. The van der Waals surface area contributed by atoms with E-state index in [9.17, 15) is 24.3 Å². The SMILES string of the molecule is CC(C)C(=O)C1CCCN1C=O.CC(O)C(NC(=O)CCO)C(=O)N1CCCC1. The van der Waals surface area contributed by atoms with Gasteiger partial charge in [-0.15, -0.1) is 0 Å². The van der Waals surface area contributed by atoms with E-state index in [1.54, 1.807) is 9.80 Å². The number of likely N-dealkylation sites (tertiary alicyclic amines) is 2. The number of amides is 3. The molecule has 0 saturated carbocycles. The normalized spacial score (nSPS) is 20.7. The third-order valence-electron chi connectivity index (χ3n) is 5.15. The maximum Gasteiger partial charge on any atom is 0.247 e. The molecule has 2 rings (SSSR count). The molecule has 9 heteroatoms. The Labute approximate surface area is 172 Å². The minimum atomic E-state index is -0.939. The van der Waals surface area contributed by atoms with Crippen molar-refractivity contribution in [2.45, 2.75) is 71.1 Å². The number of carbonyl (C=O) groups excluding carboxylic acids is 4. The second-order valence-corrected chi connectivity index (χ2v) is 7.85. The Morgan fingerprint density at radius 3 is 2.21 bits per heavy atom. The van der Waals surface area contributed by atoms with Gasteiger partial charge in [-0.25, -0.2) is 0 Å². The molecule has 3 N–H and O–H groups in total. The zero-order valence-electron chi connectivity index (χ0n) is 17.7. The molecule has 2 saturated heterocycles. The molecule has 2 aliphatic heterocycles. The lowest BCUT2D eigenvalue weighted by Crippen LogP contribution is -2.53. The monoisotopic (exact) mass is 413 g/mol. The van der Waals surface area contributed by atoms with Gasteiger partial charge in [0.1, 0.15) is 6.04 Å². The Bertz CT molecular complexity index is 560. The molecule has 9 nitrogen and oxygen atoms in total. The van der Waals surface area contributed by atoms with Crippen LogP contribution < -0.4 is 5.32 Å². The lowest BCUT2D eigenvalue weighted by atomic mass is 10.0. The molecule has 2 aliphatic rings. The van der Waals surface area contributed by atoms with Gasteiger partial charge in [0.05, 0.1) is 18.8 Å². The van der Waals surface area contributed by atoms with Crippen molar-refractivity contribution < 1.29 is 29.4 Å². The predicted octanol–water partition coefficient (Wildman–Crippen LogP) is -0.311. The highest BCUT2D eigenvalue weighted by Gasteiger charge is 2.31. The molecule has 0 spiro atoms. The van der Waals surface area contributed by atoms with Crippen LogP contribution in [-0.4, -0.2) is 88.4 Å². The summed E-state index contributed by atoms with van der Waals surface area (Å²) in [6.45, 7) is 7.06. The van der Waals surface area contributed by atoms with E-state index in [1.165, 1.54) is 6.92 Å². The summed E-state index contributed by atoms with van der Waals surface area (Å²) < 4.78 is 0. The van der Waals surface area contributed by atoms with E-state index in [0.717, 1.165) is 38.6 Å². The number of aliphatic hydroxyl groups excluding tert-OH is 2. The van der Waals surface area contributed by atoms with Crippen molar-refractivity contribution in [1.29, 1.82) is 0 Å². The number of hydrogen-bond acceptors (Lipinski definition) is 6. The molecule has 2 fully saturated rings. The summed E-state index contributed by atoms with van der Waals surface area (Å²) in [5.41, 5.74) is 0. The number of rotatable bonds is 8. The van der Waals surface area contributed by atoms with E-state index >= 15 is 0 Å². The standard InChI is InChI=1S/C11H20N2O4.C9H15NO2/c1-8(15)10(12-9(16)4-7-14)11(17)13-5-2-3-6-13;1-7(2)9(12)8-4-3-5-10(8)6-11/h8,10,14-15H,2-7H2,1H3,(H,12,16);6-8H,3-5H2,1-2H3. The molecule has 0 radical (unpaired) electrons. The second kappa shape index (κ2) is 12.5. The summed E-state index contributed by atoms with van der Waals surface area (Å²) in [6.07, 6.45) is 3.52. The lowest BCUT2D eigenvalue weighted by Gasteiger charge is -2.25. The first-order chi connectivity index (χ1) is 13.7. The molecule has 3 atom stereocenters. The van der Waals surface area contributed by atoms with Crippen molar-refractivity contribution in [3.05, 3.63) is 0 Å². The van der Waals surface area contributed by atoms with Crippen molar-refractivity contribution in [3.8, 4) is 0 Å². The average molecular weight is 414 g/mol. The van der Waals surface area contributed by atoms with Crippen LogP contribution in [0.5, 0.6) is 0 Å². The van der Waals surface area contributed by atoms with E-state index in [1.807, 2.05) is 13.8 Å². The average Bonchev–Trinajstić information content (AvgIpc) is 3.36. The van der Waals surface area contributed by atoms with Gasteiger partial charge in [-0.1, -0.05) is 13.8 Å². The summed E-state index contributed by atoms with van der Waals surface area (Å²) in [4.78, 5) is 48.6. The predicted molar refractivity (Wildman–Crippen MR) is 107 cm³/mol. The number of nitrogens with zero attached hydrogens (tertiary/aromatic N) is 2. The Morgan fingerprint density at radius 1 is 1.10 bits per heavy atom. The molecular formula is C20H35N3O6. The molecule has 0 bridgehead atoms. The second-order valence-electron chi connectivity index (χ2n) is 7.85. The maximum atomic E-state index is 12.0. The number of aliphatic hydroxyl groups is 2. The Kier molecular flexibility index (Phi) is 10.8. The largest absolute Gasteiger partial charge is 0.396 e. The van der Waals surface area contributed by atoms with Gasteiger partial charge in [0.25, 0.3) is 0 Å². The fourth-order valence-corrected chi connectivity index (χ4v) is 3.48. The summed E-state index contributed by atoms with van der Waals surface area (Å²) >= 11 is 0. The van der Waals surface area contributed by atoms with Crippen LogP contribution in [0.3, 0.4) is 0 Å². The van der Waals surface area contributed by atoms with Crippen molar-refractivity contribution >= 4 is 24.0 Å². The number of ketones is 1. The molecule has 166 valence electrons. The summed E-state index contributed by atoms with van der Waals surface area (Å²) in [5.74, 6) is -0.440. The first-order valence-corrected chi connectivity index (χ1v) is 10.3. The first kappa shape index (κ1) is 25.0. The van der Waals surface area contributed by atoms with Crippen LogP contribution in [0.2, 0.25) is 0 Å². The van der Waals surface area contributed by atoms with Gasteiger partial charge in [0.15, 0.2) is 5.78 Å². The van der Waals surface area contributed by atoms with Gasteiger partial charge < -0.3 is 25.3 Å². The van der Waals surface area contributed by atoms with Crippen LogP contribution in [0.15, 0.2) is 0 Å². The molecule has 0 aliphatic carbocycles. The first-order valence-electron chi connectivity index (χ1n) is 10.3. The van der Waals surface area contributed by atoms with Gasteiger partial charge in [0.2, 0.25) is 18.2 Å². The fourth-order valence-electron chi connectivity index (χ4n) is 3.48. The van der Waals surface area contributed by atoms with Gasteiger partial charge in [-0.3, -0.25) is 19.2 Å². The topological polar surface area (TPSA) is 127 Å². The van der Waals surface area contributed by atoms with E-state index < -0.39 is 18.1 Å². The van der Waals surface area contributed by atoms with Crippen molar-refractivity contribution in [2.24, 2.45) is 5.92 Å². The number of nitrogens with one attached hydrogen (secondary N) is 1. The third kappa shape index (κ3) is 7.74. The zero-order chi connectivity index (χ0) is 22.0. The van der Waals surface area contributed by atoms with Gasteiger partial charge in [0, 0.05) is 32.0 Å². The number of Topliss-reactive ketones (excluding diaryl/α,β-unsaturated/α-hetero) is 1. The highest BCUT2D eigenvalue weighted by molar-refractivity contribution is 5.88. The lowest BCUT2D eigenvalue weighted by molar-refractivity contribution is -0.138. The van der Waals surface area contributed by atoms with Crippen LogP contribution in [0, 0.1) is 5.92 Å². The smallest absolute Gasteiger partial charge is 0.247 e.